The van der Waals surface area contributed by atoms with Crippen LogP contribution < -0.4 is 16.2 Å². The van der Waals surface area contributed by atoms with Gasteiger partial charge in [0.1, 0.15) is 6.54 Å². The van der Waals surface area contributed by atoms with Crippen molar-refractivity contribution >= 4 is 32.7 Å². The highest BCUT2D eigenvalue weighted by molar-refractivity contribution is 7.89. The Morgan fingerprint density at radius 1 is 1.12 bits per heavy atom. The number of carbonyl (C=O) groups excluding carboxylic acids is 1. The van der Waals surface area contributed by atoms with Gasteiger partial charge in [0.25, 0.3) is 0 Å². The predicted molar refractivity (Wildman–Crippen MR) is 86.9 cm³/mol. The number of hydrogen-bond donors (Lipinski definition) is 2. The SMILES string of the molecule is NS(=O)(=O)c1ccc(NC(=O)Cn2c(=O)oc3ccccc32)cc1. The van der Waals surface area contributed by atoms with E-state index in [2.05, 4.69) is 5.32 Å². The van der Waals surface area contributed by atoms with Crippen LogP contribution >= 0.6 is 0 Å². The molecule has 3 N–H and O–H groups in total. The van der Waals surface area contributed by atoms with E-state index in [-0.39, 0.29) is 11.4 Å². The maximum Gasteiger partial charge on any atom is 0.420 e. The third-order valence-corrected chi connectivity index (χ3v) is 4.27. The predicted octanol–water partition coefficient (Wildman–Crippen LogP) is 0.881. The van der Waals surface area contributed by atoms with E-state index in [0.29, 0.717) is 16.8 Å². The number of nitrogens with zero attached hydrogens (tertiary/aromatic N) is 1. The number of sulfonamides is 1. The second-order valence-corrected chi connectivity index (χ2v) is 6.60. The molecular formula is C15H13N3O5S. The Labute approximate surface area is 136 Å². The van der Waals surface area contributed by atoms with Gasteiger partial charge in [-0.15, -0.1) is 0 Å². The fraction of sp³-hybridized carbons (Fsp3) is 0.0667. The Morgan fingerprint density at radius 3 is 2.46 bits per heavy atom. The van der Waals surface area contributed by atoms with E-state index in [9.17, 15) is 18.0 Å². The van der Waals surface area contributed by atoms with Crippen molar-refractivity contribution in [3.8, 4) is 0 Å². The smallest absolute Gasteiger partial charge is 0.408 e. The molecule has 0 bridgehead atoms. The summed E-state index contributed by atoms with van der Waals surface area (Å²) in [5, 5.41) is 7.58. The van der Waals surface area contributed by atoms with Crippen molar-refractivity contribution < 1.29 is 17.6 Å². The third kappa shape index (κ3) is 3.21. The zero-order valence-electron chi connectivity index (χ0n) is 12.3. The number of para-hydroxylation sites is 2. The van der Waals surface area contributed by atoms with Crippen molar-refractivity contribution in [2.75, 3.05) is 5.32 Å². The van der Waals surface area contributed by atoms with Crippen LogP contribution in [0.2, 0.25) is 0 Å². The van der Waals surface area contributed by atoms with Gasteiger partial charge < -0.3 is 9.73 Å². The number of anilines is 1. The van der Waals surface area contributed by atoms with Gasteiger partial charge in [-0.2, -0.15) is 0 Å². The Hall–Kier alpha value is -2.91. The number of nitrogens with two attached hydrogens (primary N) is 1. The molecule has 0 saturated carbocycles. The van der Waals surface area contributed by atoms with Gasteiger partial charge in [-0.1, -0.05) is 12.1 Å². The molecule has 1 heterocycles. The summed E-state index contributed by atoms with van der Waals surface area (Å²) in [6.07, 6.45) is 0. The lowest BCUT2D eigenvalue weighted by Gasteiger charge is -2.06. The summed E-state index contributed by atoms with van der Waals surface area (Å²) in [5.74, 6) is -1.08. The van der Waals surface area contributed by atoms with Crippen LogP contribution in [0.15, 0.2) is 62.6 Å². The largest absolute Gasteiger partial charge is 0.420 e. The van der Waals surface area contributed by atoms with Crippen LogP contribution in [0.25, 0.3) is 11.1 Å². The molecule has 0 atom stereocenters. The number of fused-ring (bicyclic) bond motifs is 1. The van der Waals surface area contributed by atoms with Gasteiger partial charge in [-0.3, -0.25) is 9.36 Å². The van der Waals surface area contributed by atoms with Crippen LogP contribution in [0.5, 0.6) is 0 Å². The van der Waals surface area contributed by atoms with Crippen LogP contribution in [0.3, 0.4) is 0 Å². The first-order valence-electron chi connectivity index (χ1n) is 6.86. The number of hydrogen-bond acceptors (Lipinski definition) is 5. The quantitative estimate of drug-likeness (QED) is 0.725. The Kier molecular flexibility index (Phi) is 3.96. The Balaban J connectivity index is 1.78. The number of carbonyl (C=O) groups is 1. The molecule has 3 aromatic rings. The van der Waals surface area contributed by atoms with Crippen LogP contribution in [0.1, 0.15) is 0 Å². The summed E-state index contributed by atoms with van der Waals surface area (Å²) in [7, 11) is -3.79. The molecule has 0 saturated heterocycles. The van der Waals surface area contributed by atoms with Crippen molar-refractivity contribution in [2.24, 2.45) is 5.14 Å². The second kappa shape index (κ2) is 5.95. The van der Waals surface area contributed by atoms with Gasteiger partial charge in [0.15, 0.2) is 5.58 Å². The lowest BCUT2D eigenvalue weighted by atomic mass is 10.3. The van der Waals surface area contributed by atoms with Crippen LogP contribution in [-0.2, 0) is 21.4 Å². The molecule has 8 nitrogen and oxygen atoms in total. The minimum Gasteiger partial charge on any atom is -0.408 e. The van der Waals surface area contributed by atoms with E-state index in [1.807, 2.05) is 0 Å². The molecular weight excluding hydrogens is 334 g/mol. The van der Waals surface area contributed by atoms with Crippen molar-refractivity contribution in [3.63, 3.8) is 0 Å². The molecule has 2 aromatic carbocycles. The number of amides is 1. The van der Waals surface area contributed by atoms with Gasteiger partial charge in [0.05, 0.1) is 10.4 Å². The first kappa shape index (κ1) is 16.0. The molecule has 3 rings (SSSR count). The molecule has 124 valence electrons. The van der Waals surface area contributed by atoms with Gasteiger partial charge >= 0.3 is 5.76 Å². The first-order chi connectivity index (χ1) is 11.3. The van der Waals surface area contributed by atoms with E-state index < -0.39 is 21.7 Å². The number of oxazole rings is 1. The molecule has 1 aromatic heterocycles. The highest BCUT2D eigenvalue weighted by Gasteiger charge is 2.13. The fourth-order valence-corrected chi connectivity index (χ4v) is 2.75. The summed E-state index contributed by atoms with van der Waals surface area (Å²) in [5.41, 5.74) is 1.29. The standard InChI is InChI=1S/C15H13N3O5S/c16-24(21,22)11-7-5-10(6-8-11)17-14(19)9-18-12-3-1-2-4-13(12)23-15(18)20/h1-8H,9H2,(H,17,19)(H2,16,21,22). The number of benzene rings is 2. The number of rotatable bonds is 4. The molecule has 24 heavy (non-hydrogen) atoms. The van der Waals surface area contributed by atoms with Crippen molar-refractivity contribution in [1.29, 1.82) is 0 Å². The maximum atomic E-state index is 12.1. The highest BCUT2D eigenvalue weighted by atomic mass is 32.2. The normalized spacial score (nSPS) is 11.5. The van der Waals surface area contributed by atoms with Gasteiger partial charge in [-0.05, 0) is 36.4 Å². The lowest BCUT2D eigenvalue weighted by molar-refractivity contribution is -0.116. The third-order valence-electron chi connectivity index (χ3n) is 3.34. The van der Waals surface area contributed by atoms with Gasteiger partial charge in [0, 0.05) is 5.69 Å². The summed E-state index contributed by atoms with van der Waals surface area (Å²) >= 11 is 0. The molecule has 9 heteroatoms. The summed E-state index contributed by atoms with van der Waals surface area (Å²) in [4.78, 5) is 23.9. The van der Waals surface area contributed by atoms with E-state index in [4.69, 9.17) is 9.56 Å². The van der Waals surface area contributed by atoms with Crippen LogP contribution in [0, 0.1) is 0 Å². The van der Waals surface area contributed by atoms with Crippen LogP contribution in [-0.4, -0.2) is 18.9 Å². The fourth-order valence-electron chi connectivity index (χ4n) is 2.24. The van der Waals surface area contributed by atoms with Gasteiger partial charge in [0.2, 0.25) is 15.9 Å². The zero-order chi connectivity index (χ0) is 17.3. The lowest BCUT2D eigenvalue weighted by Crippen LogP contribution is -2.24. The summed E-state index contributed by atoms with van der Waals surface area (Å²) < 4.78 is 28.6. The van der Waals surface area contributed by atoms with Gasteiger partial charge in [-0.25, -0.2) is 18.4 Å². The van der Waals surface area contributed by atoms with E-state index in [1.165, 1.54) is 28.8 Å². The number of aromatic nitrogens is 1. The number of nitrogens with one attached hydrogen (secondary N) is 1. The molecule has 1 amide bonds. The van der Waals surface area contributed by atoms with E-state index in [1.54, 1.807) is 24.3 Å². The first-order valence-corrected chi connectivity index (χ1v) is 8.40. The highest BCUT2D eigenvalue weighted by Crippen LogP contribution is 2.14. The minimum absolute atomic E-state index is 0.0578. The molecule has 0 unspecified atom stereocenters. The summed E-state index contributed by atoms with van der Waals surface area (Å²) in [6, 6.07) is 12.2. The van der Waals surface area contributed by atoms with E-state index >= 15 is 0 Å². The second-order valence-electron chi connectivity index (χ2n) is 5.04. The topological polar surface area (TPSA) is 124 Å². The Morgan fingerprint density at radius 2 is 1.79 bits per heavy atom. The molecule has 0 aliphatic rings. The van der Waals surface area contributed by atoms with Crippen molar-refractivity contribution in [2.45, 2.75) is 11.4 Å². The minimum atomic E-state index is -3.79. The van der Waals surface area contributed by atoms with Crippen molar-refractivity contribution in [1.82, 2.24) is 4.57 Å². The Bertz CT molecular complexity index is 1060. The number of primary sulfonamides is 1. The summed E-state index contributed by atoms with van der Waals surface area (Å²) in [6.45, 7) is -0.229. The zero-order valence-corrected chi connectivity index (χ0v) is 13.1. The molecule has 0 aliphatic carbocycles. The molecule has 0 radical (unpaired) electrons. The average molecular weight is 347 g/mol. The maximum absolute atomic E-state index is 12.1. The van der Waals surface area contributed by atoms with Crippen LogP contribution in [0.4, 0.5) is 5.69 Å². The molecule has 0 fully saturated rings. The molecule has 0 aliphatic heterocycles. The monoisotopic (exact) mass is 347 g/mol. The molecule has 0 spiro atoms. The van der Waals surface area contributed by atoms with E-state index in [0.717, 1.165) is 0 Å². The van der Waals surface area contributed by atoms with Crippen molar-refractivity contribution in [3.05, 3.63) is 59.1 Å². The average Bonchev–Trinajstić information content (AvgIpc) is 2.83.